The number of hydrogen-bond acceptors (Lipinski definition) is 3. The van der Waals surface area contributed by atoms with Crippen molar-refractivity contribution in [1.82, 2.24) is 9.80 Å². The number of carbonyl (C=O) groups is 2. The Morgan fingerprint density at radius 2 is 1.75 bits per heavy atom. The van der Waals surface area contributed by atoms with Crippen LogP contribution in [-0.4, -0.2) is 59.5 Å². The number of rotatable bonds is 6. The molecule has 1 unspecified atom stereocenters. The largest absolute Gasteiger partial charge is 0.481 e. The first-order chi connectivity index (χ1) is 9.49. The van der Waals surface area contributed by atoms with Gasteiger partial charge in [0, 0.05) is 32.1 Å². The highest BCUT2D eigenvalue weighted by molar-refractivity contribution is 5.78. The van der Waals surface area contributed by atoms with Gasteiger partial charge in [0.15, 0.2) is 0 Å². The van der Waals surface area contributed by atoms with Gasteiger partial charge >= 0.3 is 5.97 Å². The Kier molecular flexibility index (Phi) is 6.99. The van der Waals surface area contributed by atoms with Gasteiger partial charge in [0.2, 0.25) is 5.91 Å². The Labute approximate surface area is 121 Å². The van der Waals surface area contributed by atoms with Crippen LogP contribution in [0.4, 0.5) is 0 Å². The molecule has 0 aliphatic carbocycles. The van der Waals surface area contributed by atoms with E-state index in [-0.39, 0.29) is 17.7 Å². The lowest BCUT2D eigenvalue weighted by Gasteiger charge is -2.25. The van der Waals surface area contributed by atoms with Gasteiger partial charge in [-0.25, -0.2) is 0 Å². The molecule has 5 nitrogen and oxygen atoms in total. The van der Waals surface area contributed by atoms with Gasteiger partial charge in [0.25, 0.3) is 0 Å². The van der Waals surface area contributed by atoms with Crippen LogP contribution in [0, 0.1) is 11.8 Å². The molecule has 1 fully saturated rings. The molecule has 0 aromatic heterocycles. The molecule has 1 atom stereocenters. The van der Waals surface area contributed by atoms with E-state index in [1.807, 2.05) is 4.90 Å². The highest BCUT2D eigenvalue weighted by atomic mass is 16.4. The summed E-state index contributed by atoms with van der Waals surface area (Å²) in [4.78, 5) is 27.4. The predicted octanol–water partition coefficient (Wildman–Crippen LogP) is 1.68. The monoisotopic (exact) mass is 284 g/mol. The number of hydrogen-bond donors (Lipinski definition) is 1. The normalized spacial score (nSPS) is 18.9. The molecule has 5 heteroatoms. The second-order valence-corrected chi connectivity index (χ2v) is 5.73. The van der Waals surface area contributed by atoms with Crippen molar-refractivity contribution in [2.75, 3.05) is 32.7 Å². The number of carboxylic acid groups (broad SMARTS) is 1. The summed E-state index contributed by atoms with van der Waals surface area (Å²) in [7, 11) is 0. The van der Waals surface area contributed by atoms with Gasteiger partial charge in [0.05, 0.1) is 5.92 Å². The van der Waals surface area contributed by atoms with Crippen LogP contribution in [0.15, 0.2) is 0 Å². The number of carbonyl (C=O) groups excluding carboxylic acids is 1. The maximum atomic E-state index is 12.4. The molecule has 1 rings (SSSR count). The molecule has 1 heterocycles. The maximum absolute atomic E-state index is 12.4. The highest BCUT2D eigenvalue weighted by Gasteiger charge is 2.25. The minimum absolute atomic E-state index is 0.138. The van der Waals surface area contributed by atoms with Gasteiger partial charge in [0.1, 0.15) is 0 Å². The summed E-state index contributed by atoms with van der Waals surface area (Å²) in [5.41, 5.74) is 0. The fourth-order valence-electron chi connectivity index (χ4n) is 2.74. The summed E-state index contributed by atoms with van der Waals surface area (Å²) in [6.07, 6.45) is 2.72. The molecule has 0 bridgehead atoms. The third kappa shape index (κ3) is 4.78. The Morgan fingerprint density at radius 1 is 1.10 bits per heavy atom. The van der Waals surface area contributed by atoms with E-state index in [9.17, 15) is 9.59 Å². The quantitative estimate of drug-likeness (QED) is 0.806. The summed E-state index contributed by atoms with van der Waals surface area (Å²) in [5, 5.41) is 8.97. The molecule has 0 radical (unpaired) electrons. The molecule has 0 saturated carbocycles. The number of aliphatic carboxylic acids is 1. The number of nitrogens with zero attached hydrogens (tertiary/aromatic N) is 2. The Bertz CT molecular complexity index is 329. The van der Waals surface area contributed by atoms with Crippen LogP contribution in [0.3, 0.4) is 0 Å². The minimum atomic E-state index is -0.751. The maximum Gasteiger partial charge on any atom is 0.307 e. The van der Waals surface area contributed by atoms with E-state index < -0.39 is 5.97 Å². The SMILES string of the molecule is CCC(CC)C(=O)N1CCCN(CC(C)C(=O)O)CC1. The molecular weight excluding hydrogens is 256 g/mol. The lowest BCUT2D eigenvalue weighted by atomic mass is 10.0. The van der Waals surface area contributed by atoms with E-state index in [2.05, 4.69) is 18.7 Å². The van der Waals surface area contributed by atoms with Gasteiger partial charge in [-0.05, 0) is 25.8 Å². The van der Waals surface area contributed by atoms with E-state index in [0.29, 0.717) is 6.54 Å². The number of carboxylic acids is 1. The topological polar surface area (TPSA) is 60.9 Å². The number of amides is 1. The molecule has 20 heavy (non-hydrogen) atoms. The minimum Gasteiger partial charge on any atom is -0.481 e. The first-order valence-corrected chi connectivity index (χ1v) is 7.73. The van der Waals surface area contributed by atoms with Crippen LogP contribution >= 0.6 is 0 Å². The average molecular weight is 284 g/mol. The zero-order valence-corrected chi connectivity index (χ0v) is 13.0. The summed E-state index contributed by atoms with van der Waals surface area (Å²) < 4.78 is 0. The fraction of sp³-hybridized carbons (Fsp3) is 0.867. The molecule has 1 aliphatic heterocycles. The zero-order valence-electron chi connectivity index (χ0n) is 13.0. The van der Waals surface area contributed by atoms with E-state index in [1.54, 1.807) is 6.92 Å². The molecule has 1 N–H and O–H groups in total. The first-order valence-electron chi connectivity index (χ1n) is 7.73. The van der Waals surface area contributed by atoms with Crippen molar-refractivity contribution >= 4 is 11.9 Å². The van der Waals surface area contributed by atoms with Crippen LogP contribution in [0.25, 0.3) is 0 Å². The molecule has 0 aromatic carbocycles. The smallest absolute Gasteiger partial charge is 0.307 e. The van der Waals surface area contributed by atoms with Crippen LogP contribution in [0.1, 0.15) is 40.0 Å². The van der Waals surface area contributed by atoms with Crippen molar-refractivity contribution in [3.8, 4) is 0 Å². The van der Waals surface area contributed by atoms with Gasteiger partial charge in [-0.15, -0.1) is 0 Å². The molecule has 1 aliphatic rings. The highest BCUT2D eigenvalue weighted by Crippen LogP contribution is 2.14. The Hall–Kier alpha value is -1.10. The molecule has 0 spiro atoms. The van der Waals surface area contributed by atoms with E-state index in [4.69, 9.17) is 5.11 Å². The first kappa shape index (κ1) is 17.0. The standard InChI is InChI=1S/C15H28N2O3/c1-4-13(5-2)14(18)17-8-6-7-16(9-10-17)11-12(3)15(19)20/h12-13H,4-11H2,1-3H3,(H,19,20). The van der Waals surface area contributed by atoms with Crippen LogP contribution in [-0.2, 0) is 9.59 Å². The zero-order chi connectivity index (χ0) is 15.1. The van der Waals surface area contributed by atoms with Crippen LogP contribution < -0.4 is 0 Å². The molecular formula is C15H28N2O3. The van der Waals surface area contributed by atoms with Crippen molar-refractivity contribution in [3.63, 3.8) is 0 Å². The van der Waals surface area contributed by atoms with Crippen molar-refractivity contribution in [1.29, 1.82) is 0 Å². The fourth-order valence-corrected chi connectivity index (χ4v) is 2.74. The van der Waals surface area contributed by atoms with Gasteiger partial charge < -0.3 is 14.9 Å². The summed E-state index contributed by atoms with van der Waals surface area (Å²) in [6, 6.07) is 0. The van der Waals surface area contributed by atoms with E-state index in [0.717, 1.165) is 45.4 Å². The molecule has 1 saturated heterocycles. The second-order valence-electron chi connectivity index (χ2n) is 5.73. The third-order valence-electron chi connectivity index (χ3n) is 4.19. The summed E-state index contributed by atoms with van der Waals surface area (Å²) in [5.74, 6) is -0.696. The van der Waals surface area contributed by atoms with E-state index >= 15 is 0 Å². The third-order valence-corrected chi connectivity index (χ3v) is 4.19. The lowest BCUT2D eigenvalue weighted by Crippen LogP contribution is -2.39. The molecule has 116 valence electrons. The molecule has 0 aromatic rings. The summed E-state index contributed by atoms with van der Waals surface area (Å²) >= 11 is 0. The van der Waals surface area contributed by atoms with Gasteiger partial charge in [-0.3, -0.25) is 9.59 Å². The van der Waals surface area contributed by atoms with Crippen molar-refractivity contribution in [3.05, 3.63) is 0 Å². The summed E-state index contributed by atoms with van der Waals surface area (Å²) in [6.45, 7) is 9.61. The molecule has 1 amide bonds. The predicted molar refractivity (Wildman–Crippen MR) is 78.5 cm³/mol. The van der Waals surface area contributed by atoms with Crippen molar-refractivity contribution in [2.45, 2.75) is 40.0 Å². The van der Waals surface area contributed by atoms with Gasteiger partial charge in [-0.1, -0.05) is 20.8 Å². The average Bonchev–Trinajstić information content (AvgIpc) is 2.65. The second kappa shape index (κ2) is 8.25. The van der Waals surface area contributed by atoms with Crippen molar-refractivity contribution in [2.24, 2.45) is 11.8 Å². The Balaban J connectivity index is 2.50. The van der Waals surface area contributed by atoms with E-state index in [1.165, 1.54) is 0 Å². The van der Waals surface area contributed by atoms with Crippen molar-refractivity contribution < 1.29 is 14.7 Å². The van der Waals surface area contributed by atoms with Crippen LogP contribution in [0.2, 0.25) is 0 Å². The Morgan fingerprint density at radius 3 is 2.30 bits per heavy atom. The van der Waals surface area contributed by atoms with Crippen LogP contribution in [0.5, 0.6) is 0 Å². The van der Waals surface area contributed by atoms with Gasteiger partial charge in [-0.2, -0.15) is 0 Å². The lowest BCUT2D eigenvalue weighted by molar-refractivity contribution is -0.142.